The number of fused-ring (bicyclic) bond motifs is 1. The van der Waals surface area contributed by atoms with Gasteiger partial charge in [0.2, 0.25) is 5.91 Å². The number of imidazole rings is 1. The summed E-state index contributed by atoms with van der Waals surface area (Å²) < 4.78 is 6.58. The van der Waals surface area contributed by atoms with Gasteiger partial charge in [0.1, 0.15) is 12.4 Å². The van der Waals surface area contributed by atoms with E-state index in [0.29, 0.717) is 17.6 Å². The third kappa shape index (κ3) is 2.42. The zero-order valence-corrected chi connectivity index (χ0v) is 13.4. The number of aryl methyl sites for hydroxylation is 1. The minimum Gasteiger partial charge on any atom is -0.408 e. The first kappa shape index (κ1) is 14.7. The second-order valence-corrected chi connectivity index (χ2v) is 6.12. The fourth-order valence-electron chi connectivity index (χ4n) is 3.34. The number of hydrogen-bond donors (Lipinski definition) is 1. The Morgan fingerprint density at radius 1 is 1.42 bits per heavy atom. The van der Waals surface area contributed by atoms with Crippen molar-refractivity contribution in [2.24, 2.45) is 0 Å². The lowest BCUT2D eigenvalue weighted by molar-refractivity contribution is -0.132. The molecule has 1 saturated heterocycles. The Morgan fingerprint density at radius 2 is 2.25 bits per heavy atom. The molecule has 2 aromatic heterocycles. The summed E-state index contributed by atoms with van der Waals surface area (Å²) in [4.78, 5) is 34.2. The molecule has 7 nitrogen and oxygen atoms in total. The van der Waals surface area contributed by atoms with Gasteiger partial charge in [0.25, 0.3) is 0 Å². The number of carbonyl (C=O) groups is 1. The van der Waals surface area contributed by atoms with Gasteiger partial charge in [0.15, 0.2) is 5.58 Å². The van der Waals surface area contributed by atoms with E-state index >= 15 is 0 Å². The maximum absolute atomic E-state index is 12.8. The van der Waals surface area contributed by atoms with Crippen LogP contribution in [0, 0.1) is 6.92 Å². The van der Waals surface area contributed by atoms with Crippen LogP contribution >= 0.6 is 0 Å². The lowest BCUT2D eigenvalue weighted by Gasteiger charge is -2.23. The number of rotatable bonds is 3. The number of nitrogens with zero attached hydrogens (tertiary/aromatic N) is 3. The second-order valence-electron chi connectivity index (χ2n) is 6.12. The zero-order valence-electron chi connectivity index (χ0n) is 13.4. The lowest BCUT2D eigenvalue weighted by Crippen LogP contribution is -2.35. The Bertz CT molecular complexity index is 952. The van der Waals surface area contributed by atoms with Crippen molar-refractivity contribution >= 4 is 17.0 Å². The molecule has 1 atom stereocenters. The van der Waals surface area contributed by atoms with Crippen LogP contribution in [0.5, 0.6) is 0 Å². The molecule has 1 unspecified atom stereocenters. The van der Waals surface area contributed by atoms with Crippen molar-refractivity contribution in [3.05, 3.63) is 52.5 Å². The average molecular weight is 326 g/mol. The molecule has 1 aliphatic rings. The van der Waals surface area contributed by atoms with E-state index in [1.165, 1.54) is 4.57 Å². The minimum absolute atomic E-state index is 0.0218. The molecule has 0 aliphatic carbocycles. The Morgan fingerprint density at radius 3 is 3.04 bits per heavy atom. The maximum atomic E-state index is 12.8. The van der Waals surface area contributed by atoms with E-state index in [1.54, 1.807) is 29.3 Å². The van der Waals surface area contributed by atoms with Crippen LogP contribution in [0.25, 0.3) is 11.1 Å². The molecule has 7 heteroatoms. The molecule has 3 heterocycles. The number of H-pyrrole nitrogens is 1. The number of amides is 1. The minimum atomic E-state index is -0.505. The Labute approximate surface area is 137 Å². The molecular formula is C17H18N4O3. The highest BCUT2D eigenvalue weighted by Crippen LogP contribution is 2.30. The van der Waals surface area contributed by atoms with Gasteiger partial charge in [-0.3, -0.25) is 9.36 Å². The number of aromatic amines is 1. The van der Waals surface area contributed by atoms with Gasteiger partial charge in [-0.1, -0.05) is 12.1 Å². The van der Waals surface area contributed by atoms with Crippen molar-refractivity contribution < 1.29 is 9.21 Å². The van der Waals surface area contributed by atoms with Gasteiger partial charge in [0, 0.05) is 18.4 Å². The highest BCUT2D eigenvalue weighted by Gasteiger charge is 2.32. The SMILES string of the molecule is Cc1cnc(C2CCCN2C(=O)Cn2c(=O)oc3ccccc32)[nH]1. The summed E-state index contributed by atoms with van der Waals surface area (Å²) in [5.41, 5.74) is 2.11. The Balaban J connectivity index is 1.61. The molecule has 24 heavy (non-hydrogen) atoms. The highest BCUT2D eigenvalue weighted by atomic mass is 16.4. The van der Waals surface area contributed by atoms with E-state index < -0.39 is 5.76 Å². The van der Waals surface area contributed by atoms with Crippen molar-refractivity contribution in [3.8, 4) is 0 Å². The fraction of sp³-hybridized carbons (Fsp3) is 0.353. The number of hydrogen-bond acceptors (Lipinski definition) is 4. The summed E-state index contributed by atoms with van der Waals surface area (Å²) in [6.45, 7) is 2.59. The van der Waals surface area contributed by atoms with Gasteiger partial charge in [0.05, 0.1) is 11.6 Å². The number of oxazole rings is 1. The molecule has 0 spiro atoms. The number of carbonyl (C=O) groups excluding carboxylic acids is 1. The number of benzene rings is 1. The molecule has 3 aromatic rings. The van der Waals surface area contributed by atoms with E-state index in [4.69, 9.17) is 4.42 Å². The van der Waals surface area contributed by atoms with Crippen molar-refractivity contribution in [1.29, 1.82) is 0 Å². The van der Waals surface area contributed by atoms with Crippen LogP contribution in [0.3, 0.4) is 0 Å². The van der Waals surface area contributed by atoms with Crippen LogP contribution in [0.4, 0.5) is 0 Å². The summed E-state index contributed by atoms with van der Waals surface area (Å²) in [6.07, 6.45) is 3.57. The summed E-state index contributed by atoms with van der Waals surface area (Å²) in [6, 6.07) is 7.07. The third-order valence-electron chi connectivity index (χ3n) is 4.48. The first-order valence-corrected chi connectivity index (χ1v) is 8.03. The fourth-order valence-corrected chi connectivity index (χ4v) is 3.34. The van der Waals surface area contributed by atoms with Gasteiger partial charge in [-0.05, 0) is 31.9 Å². The topological polar surface area (TPSA) is 84.1 Å². The summed E-state index contributed by atoms with van der Waals surface area (Å²) >= 11 is 0. The molecule has 0 radical (unpaired) electrons. The lowest BCUT2D eigenvalue weighted by atomic mass is 10.2. The molecular weight excluding hydrogens is 308 g/mol. The van der Waals surface area contributed by atoms with Gasteiger partial charge in [-0.15, -0.1) is 0 Å². The van der Waals surface area contributed by atoms with Gasteiger partial charge < -0.3 is 14.3 Å². The summed E-state index contributed by atoms with van der Waals surface area (Å²) in [5.74, 6) is 0.206. The van der Waals surface area contributed by atoms with Crippen LogP contribution < -0.4 is 5.76 Å². The molecule has 1 amide bonds. The van der Waals surface area contributed by atoms with E-state index in [9.17, 15) is 9.59 Å². The van der Waals surface area contributed by atoms with Crippen LogP contribution in [0.2, 0.25) is 0 Å². The molecule has 1 N–H and O–H groups in total. The Kier molecular flexibility index (Phi) is 3.48. The predicted molar refractivity (Wildman–Crippen MR) is 87.5 cm³/mol. The van der Waals surface area contributed by atoms with E-state index in [1.807, 2.05) is 13.0 Å². The first-order valence-electron chi connectivity index (χ1n) is 8.03. The summed E-state index contributed by atoms with van der Waals surface area (Å²) in [7, 11) is 0. The number of para-hydroxylation sites is 2. The monoisotopic (exact) mass is 326 g/mol. The van der Waals surface area contributed by atoms with Gasteiger partial charge in [-0.2, -0.15) is 0 Å². The van der Waals surface area contributed by atoms with Crippen molar-refractivity contribution in [2.75, 3.05) is 6.54 Å². The standard InChI is InChI=1S/C17H18N4O3/c1-11-9-18-16(19-11)13-6-4-8-20(13)15(22)10-21-12-5-2-3-7-14(12)24-17(21)23/h2-3,5,7,9,13H,4,6,8,10H2,1H3,(H,18,19). The third-order valence-corrected chi connectivity index (χ3v) is 4.48. The number of nitrogens with one attached hydrogen (secondary N) is 1. The van der Waals surface area contributed by atoms with Crippen LogP contribution in [-0.2, 0) is 11.3 Å². The van der Waals surface area contributed by atoms with E-state index in [2.05, 4.69) is 9.97 Å². The van der Waals surface area contributed by atoms with Crippen molar-refractivity contribution in [1.82, 2.24) is 19.4 Å². The van der Waals surface area contributed by atoms with Crippen LogP contribution in [-0.4, -0.2) is 31.9 Å². The number of aromatic nitrogens is 3. The zero-order chi connectivity index (χ0) is 16.7. The quantitative estimate of drug-likeness (QED) is 0.798. The van der Waals surface area contributed by atoms with Crippen LogP contribution in [0.15, 0.2) is 39.7 Å². The summed E-state index contributed by atoms with van der Waals surface area (Å²) in [5, 5.41) is 0. The normalized spacial score (nSPS) is 17.7. The molecule has 1 fully saturated rings. The first-order chi connectivity index (χ1) is 11.6. The molecule has 0 saturated carbocycles. The van der Waals surface area contributed by atoms with Crippen LogP contribution in [0.1, 0.15) is 30.4 Å². The average Bonchev–Trinajstić information content (AvgIpc) is 3.27. The van der Waals surface area contributed by atoms with Gasteiger partial charge in [-0.25, -0.2) is 9.78 Å². The van der Waals surface area contributed by atoms with E-state index in [-0.39, 0.29) is 18.5 Å². The smallest absolute Gasteiger partial charge is 0.408 e. The second kappa shape index (κ2) is 5.67. The molecule has 1 aromatic carbocycles. The largest absolute Gasteiger partial charge is 0.420 e. The van der Waals surface area contributed by atoms with Crippen molar-refractivity contribution in [3.63, 3.8) is 0 Å². The number of likely N-dealkylation sites (tertiary alicyclic amines) is 1. The maximum Gasteiger partial charge on any atom is 0.420 e. The molecule has 124 valence electrons. The Hall–Kier alpha value is -2.83. The molecule has 1 aliphatic heterocycles. The highest BCUT2D eigenvalue weighted by molar-refractivity contribution is 5.80. The van der Waals surface area contributed by atoms with Gasteiger partial charge >= 0.3 is 5.76 Å². The molecule has 4 rings (SSSR count). The van der Waals surface area contributed by atoms with Crippen molar-refractivity contribution in [2.45, 2.75) is 32.4 Å². The molecule has 0 bridgehead atoms. The van der Waals surface area contributed by atoms with E-state index in [0.717, 1.165) is 24.4 Å². The predicted octanol–water partition coefficient (Wildman–Crippen LogP) is 1.99.